The minimum absolute atomic E-state index is 0.558. The molecule has 0 saturated carbocycles. The van der Waals surface area contributed by atoms with E-state index in [4.69, 9.17) is 0 Å². The number of pyridine rings is 1. The second kappa shape index (κ2) is 6.97. The van der Waals surface area contributed by atoms with E-state index in [1.54, 1.807) is 0 Å². The van der Waals surface area contributed by atoms with Crippen LogP contribution in [0.3, 0.4) is 0 Å². The molecule has 0 spiro atoms. The molecule has 122 valence electrons. The van der Waals surface area contributed by atoms with Gasteiger partial charge < -0.3 is 9.80 Å². The fraction of sp³-hybridized carbons (Fsp3) is 0.722. The highest BCUT2D eigenvalue weighted by Gasteiger charge is 2.26. The van der Waals surface area contributed by atoms with Gasteiger partial charge in [0.2, 0.25) is 0 Å². The molecule has 0 bridgehead atoms. The Labute approximate surface area is 135 Å². The van der Waals surface area contributed by atoms with Crippen LogP contribution in [0.15, 0.2) is 18.3 Å². The zero-order valence-electron chi connectivity index (χ0n) is 14.3. The second-order valence-corrected chi connectivity index (χ2v) is 7.16. The number of anilines is 1. The lowest BCUT2D eigenvalue weighted by Gasteiger charge is -2.42. The summed E-state index contributed by atoms with van der Waals surface area (Å²) in [5.74, 6) is 1.70. The minimum Gasteiger partial charge on any atom is -0.354 e. The maximum absolute atomic E-state index is 4.67. The van der Waals surface area contributed by atoms with Gasteiger partial charge in [-0.3, -0.25) is 4.90 Å². The Morgan fingerprint density at radius 1 is 1.00 bits per heavy atom. The molecular formula is C18H30N4. The van der Waals surface area contributed by atoms with Crippen molar-refractivity contribution < 1.29 is 0 Å². The van der Waals surface area contributed by atoms with Gasteiger partial charge in [-0.1, -0.05) is 19.9 Å². The van der Waals surface area contributed by atoms with E-state index < -0.39 is 0 Å². The van der Waals surface area contributed by atoms with Crippen molar-refractivity contribution in [2.45, 2.75) is 38.6 Å². The number of hydrogen-bond acceptors (Lipinski definition) is 4. The molecule has 2 aliphatic heterocycles. The first kappa shape index (κ1) is 15.8. The van der Waals surface area contributed by atoms with Crippen LogP contribution in [0.4, 0.5) is 5.82 Å². The lowest BCUT2D eigenvalue weighted by Crippen LogP contribution is -2.53. The zero-order chi connectivity index (χ0) is 15.5. The fourth-order valence-corrected chi connectivity index (χ4v) is 3.60. The predicted octanol–water partition coefficient (Wildman–Crippen LogP) is 2.42. The molecular weight excluding hydrogens is 272 g/mol. The number of likely N-dealkylation sites (tertiary alicyclic amines) is 1. The van der Waals surface area contributed by atoms with Crippen molar-refractivity contribution in [3.63, 3.8) is 0 Å². The quantitative estimate of drug-likeness (QED) is 0.855. The highest BCUT2D eigenvalue weighted by atomic mass is 15.3. The van der Waals surface area contributed by atoms with Crippen LogP contribution in [0.25, 0.3) is 0 Å². The Morgan fingerprint density at radius 2 is 1.68 bits per heavy atom. The summed E-state index contributed by atoms with van der Waals surface area (Å²) in [6, 6.07) is 5.23. The lowest BCUT2D eigenvalue weighted by molar-refractivity contribution is 0.115. The van der Waals surface area contributed by atoms with Gasteiger partial charge in [-0.25, -0.2) is 4.98 Å². The van der Waals surface area contributed by atoms with Crippen molar-refractivity contribution in [2.75, 3.05) is 51.2 Å². The molecule has 0 aliphatic carbocycles. The molecule has 0 atom stereocenters. The summed E-state index contributed by atoms with van der Waals surface area (Å²) in [5.41, 5.74) is 1.33. The van der Waals surface area contributed by atoms with Gasteiger partial charge in [0, 0.05) is 38.4 Å². The molecule has 2 aliphatic rings. The third kappa shape index (κ3) is 3.61. The first-order valence-electron chi connectivity index (χ1n) is 8.77. The molecule has 4 nitrogen and oxygen atoms in total. The zero-order valence-corrected chi connectivity index (χ0v) is 14.3. The van der Waals surface area contributed by atoms with Crippen LogP contribution in [-0.4, -0.2) is 67.1 Å². The van der Waals surface area contributed by atoms with Crippen LogP contribution in [-0.2, 0) is 0 Å². The molecule has 22 heavy (non-hydrogen) atoms. The topological polar surface area (TPSA) is 22.6 Å². The highest BCUT2D eigenvalue weighted by Crippen LogP contribution is 2.21. The van der Waals surface area contributed by atoms with Crippen LogP contribution in [0, 0.1) is 0 Å². The first-order chi connectivity index (χ1) is 10.6. The van der Waals surface area contributed by atoms with E-state index in [1.165, 1.54) is 44.6 Å². The molecule has 0 radical (unpaired) electrons. The highest BCUT2D eigenvalue weighted by molar-refractivity contribution is 5.40. The van der Waals surface area contributed by atoms with Crippen molar-refractivity contribution in [1.29, 1.82) is 0 Å². The third-order valence-electron chi connectivity index (χ3n) is 5.28. The number of hydrogen-bond donors (Lipinski definition) is 0. The molecule has 0 unspecified atom stereocenters. The molecule has 3 rings (SSSR count). The van der Waals surface area contributed by atoms with Crippen molar-refractivity contribution in [1.82, 2.24) is 14.8 Å². The maximum Gasteiger partial charge on any atom is 0.128 e. The van der Waals surface area contributed by atoms with Gasteiger partial charge in [-0.05, 0) is 50.5 Å². The lowest BCUT2D eigenvalue weighted by atomic mass is 10.0. The van der Waals surface area contributed by atoms with Crippen molar-refractivity contribution in [3.05, 3.63) is 23.9 Å². The Morgan fingerprint density at radius 3 is 2.23 bits per heavy atom. The third-order valence-corrected chi connectivity index (χ3v) is 5.28. The first-order valence-corrected chi connectivity index (χ1v) is 8.77. The van der Waals surface area contributed by atoms with Crippen LogP contribution in [0.1, 0.15) is 38.2 Å². The Bertz CT molecular complexity index is 454. The van der Waals surface area contributed by atoms with Crippen LogP contribution < -0.4 is 4.90 Å². The summed E-state index contributed by atoms with van der Waals surface area (Å²) < 4.78 is 0. The smallest absolute Gasteiger partial charge is 0.128 e. The largest absolute Gasteiger partial charge is 0.354 e. The predicted molar refractivity (Wildman–Crippen MR) is 92.6 cm³/mol. The number of piperidine rings is 1. The summed E-state index contributed by atoms with van der Waals surface area (Å²) in [4.78, 5) is 12.3. The van der Waals surface area contributed by atoms with Crippen molar-refractivity contribution in [3.8, 4) is 0 Å². The van der Waals surface area contributed by atoms with E-state index in [2.05, 4.69) is 52.7 Å². The molecule has 0 aromatic carbocycles. The van der Waals surface area contributed by atoms with Gasteiger partial charge >= 0.3 is 0 Å². The van der Waals surface area contributed by atoms with E-state index in [0.717, 1.165) is 24.9 Å². The van der Waals surface area contributed by atoms with Gasteiger partial charge in [-0.15, -0.1) is 0 Å². The molecule has 3 heterocycles. The van der Waals surface area contributed by atoms with Gasteiger partial charge in [0.15, 0.2) is 0 Å². The van der Waals surface area contributed by atoms with Crippen molar-refractivity contribution in [2.24, 2.45) is 0 Å². The Hall–Kier alpha value is -1.13. The van der Waals surface area contributed by atoms with Crippen LogP contribution in [0.5, 0.6) is 0 Å². The Kier molecular flexibility index (Phi) is 4.99. The Balaban J connectivity index is 1.53. The SMILES string of the molecule is CC(C)c1ccc(N2CCN(C3CCN(C)CC3)CC2)nc1. The minimum atomic E-state index is 0.558. The summed E-state index contributed by atoms with van der Waals surface area (Å²) in [6.07, 6.45) is 4.71. The standard InChI is InChI=1S/C18H30N4/c1-15(2)16-4-5-18(19-14-16)22-12-10-21(11-13-22)17-6-8-20(3)9-7-17/h4-5,14-15,17H,6-13H2,1-3H3. The van der Waals surface area contributed by atoms with E-state index >= 15 is 0 Å². The second-order valence-electron chi connectivity index (χ2n) is 7.16. The average molecular weight is 302 g/mol. The molecule has 0 N–H and O–H groups in total. The van der Waals surface area contributed by atoms with E-state index in [9.17, 15) is 0 Å². The normalized spacial score (nSPS) is 22.5. The van der Waals surface area contributed by atoms with E-state index in [1.807, 2.05) is 6.20 Å². The molecule has 1 aromatic heterocycles. The summed E-state index contributed by atoms with van der Waals surface area (Å²) >= 11 is 0. The number of rotatable bonds is 3. The van der Waals surface area contributed by atoms with Gasteiger partial charge in [0.1, 0.15) is 5.82 Å². The number of aromatic nitrogens is 1. The molecule has 2 saturated heterocycles. The number of nitrogens with zero attached hydrogens (tertiary/aromatic N) is 4. The monoisotopic (exact) mass is 302 g/mol. The van der Waals surface area contributed by atoms with Gasteiger partial charge in [-0.2, -0.15) is 0 Å². The summed E-state index contributed by atoms with van der Waals surface area (Å²) in [5, 5.41) is 0. The van der Waals surface area contributed by atoms with E-state index in [-0.39, 0.29) is 0 Å². The van der Waals surface area contributed by atoms with Gasteiger partial charge in [0.25, 0.3) is 0 Å². The maximum atomic E-state index is 4.67. The average Bonchev–Trinajstić information content (AvgIpc) is 2.56. The van der Waals surface area contributed by atoms with E-state index in [0.29, 0.717) is 5.92 Å². The molecule has 0 amide bonds. The van der Waals surface area contributed by atoms with Gasteiger partial charge in [0.05, 0.1) is 0 Å². The molecule has 2 fully saturated rings. The molecule has 1 aromatic rings. The van der Waals surface area contributed by atoms with Crippen LogP contribution in [0.2, 0.25) is 0 Å². The summed E-state index contributed by atoms with van der Waals surface area (Å²) in [7, 11) is 2.24. The summed E-state index contributed by atoms with van der Waals surface area (Å²) in [6.45, 7) is 11.5. The van der Waals surface area contributed by atoms with Crippen molar-refractivity contribution >= 4 is 5.82 Å². The number of piperazine rings is 1. The fourth-order valence-electron chi connectivity index (χ4n) is 3.60. The van der Waals surface area contributed by atoms with Crippen LogP contribution >= 0.6 is 0 Å². The molecule has 4 heteroatoms.